The molecular weight excluding hydrogens is 310 g/mol. The van der Waals surface area contributed by atoms with Gasteiger partial charge in [-0.1, -0.05) is 6.08 Å². The number of rotatable bonds is 8. The van der Waals surface area contributed by atoms with Crippen LogP contribution in [0.25, 0.3) is 0 Å². The Labute approximate surface area is 133 Å². The van der Waals surface area contributed by atoms with E-state index >= 15 is 0 Å². The van der Waals surface area contributed by atoms with Crippen LogP contribution in [-0.4, -0.2) is 41.6 Å². The molecule has 0 saturated carbocycles. The Bertz CT molecular complexity index is 523. The summed E-state index contributed by atoms with van der Waals surface area (Å²) in [6, 6.07) is 0. The van der Waals surface area contributed by atoms with E-state index in [-0.39, 0.29) is 12.3 Å². The van der Waals surface area contributed by atoms with E-state index in [0.717, 1.165) is 13.8 Å². The maximum Gasteiger partial charge on any atom is 0.303 e. The first kappa shape index (κ1) is 20.3. The van der Waals surface area contributed by atoms with Crippen molar-refractivity contribution < 1.29 is 33.5 Å². The van der Waals surface area contributed by atoms with Crippen molar-refractivity contribution in [3.63, 3.8) is 0 Å². The summed E-state index contributed by atoms with van der Waals surface area (Å²) in [6.07, 6.45) is 1.64. The highest BCUT2D eigenvalue weighted by atomic mass is 16.6. The van der Waals surface area contributed by atoms with Crippen molar-refractivity contribution in [1.29, 1.82) is 0 Å². The zero-order chi connectivity index (χ0) is 18.0. The highest BCUT2D eigenvalue weighted by molar-refractivity contribution is 5.68. The lowest BCUT2D eigenvalue weighted by molar-refractivity contribution is -0.424. The molecule has 0 N–H and O–H groups in total. The number of allylic oxidation sites excluding steroid dienone is 3. The molecule has 0 aromatic rings. The van der Waals surface area contributed by atoms with Crippen molar-refractivity contribution in [3.8, 4) is 0 Å². The standard InChI is InChI=1S/C14H19NO8/c1-9(15(19)20)6-5-7-13(22-11(3)17)14(23-12(4)18)8-21-10(2)16/h5-7,13-14H,8H2,1-4H3/b7-5+,9-6-. The number of ether oxygens (including phenoxy) is 3. The van der Waals surface area contributed by atoms with Gasteiger partial charge < -0.3 is 14.2 Å². The Kier molecular flexibility index (Phi) is 8.90. The van der Waals surface area contributed by atoms with E-state index in [1.807, 2.05) is 0 Å². The predicted molar refractivity (Wildman–Crippen MR) is 77.6 cm³/mol. The van der Waals surface area contributed by atoms with Crippen molar-refractivity contribution >= 4 is 17.9 Å². The van der Waals surface area contributed by atoms with Gasteiger partial charge in [-0.05, 0) is 6.08 Å². The molecule has 0 aliphatic rings. The Hall–Kier alpha value is -2.71. The lowest BCUT2D eigenvalue weighted by Gasteiger charge is -2.23. The lowest BCUT2D eigenvalue weighted by atomic mass is 10.2. The molecule has 0 aromatic carbocycles. The molecule has 0 rings (SSSR count). The largest absolute Gasteiger partial charge is 0.462 e. The molecule has 2 unspecified atom stereocenters. The molecule has 0 radical (unpaired) electrons. The van der Waals surface area contributed by atoms with Gasteiger partial charge >= 0.3 is 17.9 Å². The van der Waals surface area contributed by atoms with E-state index < -0.39 is 35.0 Å². The van der Waals surface area contributed by atoms with Gasteiger partial charge in [-0.25, -0.2) is 0 Å². The minimum absolute atomic E-state index is 0.133. The molecule has 23 heavy (non-hydrogen) atoms. The summed E-state index contributed by atoms with van der Waals surface area (Å²) < 4.78 is 14.7. The first-order valence-electron chi connectivity index (χ1n) is 6.60. The Morgan fingerprint density at radius 3 is 2.04 bits per heavy atom. The van der Waals surface area contributed by atoms with Gasteiger partial charge in [0.05, 0.1) is 4.92 Å². The quantitative estimate of drug-likeness (QED) is 0.214. The topological polar surface area (TPSA) is 122 Å². The maximum atomic E-state index is 11.2. The lowest BCUT2D eigenvalue weighted by Crippen LogP contribution is -2.37. The molecular formula is C14H19NO8. The van der Waals surface area contributed by atoms with Gasteiger partial charge in [0.15, 0.2) is 12.2 Å². The summed E-state index contributed by atoms with van der Waals surface area (Å²) in [5.41, 5.74) is -0.133. The monoisotopic (exact) mass is 329 g/mol. The molecule has 0 heterocycles. The van der Waals surface area contributed by atoms with E-state index in [4.69, 9.17) is 14.2 Å². The third-order valence-electron chi connectivity index (χ3n) is 2.36. The van der Waals surface area contributed by atoms with E-state index in [1.54, 1.807) is 0 Å². The first-order chi connectivity index (χ1) is 10.6. The van der Waals surface area contributed by atoms with Crippen LogP contribution in [0.4, 0.5) is 0 Å². The van der Waals surface area contributed by atoms with E-state index in [9.17, 15) is 24.5 Å². The van der Waals surface area contributed by atoms with E-state index in [2.05, 4.69) is 0 Å². The molecule has 0 spiro atoms. The zero-order valence-corrected chi connectivity index (χ0v) is 13.3. The van der Waals surface area contributed by atoms with Crippen LogP contribution in [0.15, 0.2) is 23.9 Å². The molecule has 0 aliphatic heterocycles. The minimum atomic E-state index is -1.07. The number of nitro groups is 1. The molecule has 9 nitrogen and oxygen atoms in total. The predicted octanol–water partition coefficient (Wildman–Crippen LogP) is 1.15. The zero-order valence-electron chi connectivity index (χ0n) is 13.3. The van der Waals surface area contributed by atoms with Crippen LogP contribution in [0.3, 0.4) is 0 Å². The SMILES string of the molecule is CC(=O)OCC(OC(C)=O)C(/C=C/C=C(/C)[N+](=O)[O-])OC(C)=O. The average molecular weight is 329 g/mol. The molecule has 0 fully saturated rings. The second kappa shape index (κ2) is 10.1. The number of carbonyl (C=O) groups excluding carboxylic acids is 3. The van der Waals surface area contributed by atoms with Gasteiger partial charge in [-0.15, -0.1) is 0 Å². The highest BCUT2D eigenvalue weighted by Crippen LogP contribution is 2.10. The van der Waals surface area contributed by atoms with Gasteiger partial charge in [0.25, 0.3) is 0 Å². The normalized spacial score (nSPS) is 14.0. The van der Waals surface area contributed by atoms with Crippen molar-refractivity contribution in [3.05, 3.63) is 34.0 Å². The summed E-state index contributed by atoms with van der Waals surface area (Å²) in [5.74, 6) is -1.92. The van der Waals surface area contributed by atoms with Crippen molar-refractivity contribution in [2.45, 2.75) is 39.9 Å². The van der Waals surface area contributed by atoms with Gasteiger partial charge in [0, 0.05) is 33.8 Å². The molecule has 0 aliphatic carbocycles. The second-order valence-corrected chi connectivity index (χ2v) is 4.47. The van der Waals surface area contributed by atoms with Crippen molar-refractivity contribution in [1.82, 2.24) is 0 Å². The molecule has 0 amide bonds. The third-order valence-corrected chi connectivity index (χ3v) is 2.36. The number of hydrogen-bond donors (Lipinski definition) is 0. The van der Waals surface area contributed by atoms with Crippen LogP contribution in [0, 0.1) is 10.1 Å². The van der Waals surface area contributed by atoms with Crippen LogP contribution >= 0.6 is 0 Å². The second-order valence-electron chi connectivity index (χ2n) is 4.47. The fourth-order valence-electron chi connectivity index (χ4n) is 1.40. The summed E-state index contributed by atoms with van der Waals surface area (Å²) in [6.45, 7) is 4.43. The van der Waals surface area contributed by atoms with Crippen molar-refractivity contribution in [2.24, 2.45) is 0 Å². The molecule has 0 bridgehead atoms. The molecule has 9 heteroatoms. The van der Waals surface area contributed by atoms with Gasteiger partial charge in [0.1, 0.15) is 6.61 Å². The Morgan fingerprint density at radius 1 is 1.04 bits per heavy atom. The third kappa shape index (κ3) is 9.77. The van der Waals surface area contributed by atoms with Crippen molar-refractivity contribution in [2.75, 3.05) is 6.61 Å². The number of hydrogen-bond acceptors (Lipinski definition) is 8. The average Bonchev–Trinajstić information content (AvgIpc) is 2.41. The summed E-state index contributed by atoms with van der Waals surface area (Å²) in [5, 5.41) is 10.5. The van der Waals surface area contributed by atoms with Gasteiger partial charge in [-0.2, -0.15) is 0 Å². The Morgan fingerprint density at radius 2 is 1.61 bits per heavy atom. The fourth-order valence-corrected chi connectivity index (χ4v) is 1.40. The number of esters is 3. The Balaban J connectivity index is 5.24. The minimum Gasteiger partial charge on any atom is -0.462 e. The van der Waals surface area contributed by atoms with Crippen LogP contribution < -0.4 is 0 Å². The number of nitrogens with zero attached hydrogens (tertiary/aromatic N) is 1. The molecule has 2 atom stereocenters. The smallest absolute Gasteiger partial charge is 0.303 e. The summed E-state index contributed by atoms with van der Waals surface area (Å²) >= 11 is 0. The summed E-state index contributed by atoms with van der Waals surface area (Å²) in [4.78, 5) is 43.1. The maximum absolute atomic E-state index is 11.2. The molecule has 0 saturated heterocycles. The van der Waals surface area contributed by atoms with E-state index in [0.29, 0.717) is 0 Å². The first-order valence-corrected chi connectivity index (χ1v) is 6.60. The van der Waals surface area contributed by atoms with Crippen LogP contribution in [-0.2, 0) is 28.6 Å². The van der Waals surface area contributed by atoms with Crippen LogP contribution in [0.2, 0.25) is 0 Å². The van der Waals surface area contributed by atoms with Crippen LogP contribution in [0.1, 0.15) is 27.7 Å². The fraction of sp³-hybridized carbons (Fsp3) is 0.500. The molecule has 0 aromatic heterocycles. The van der Waals surface area contributed by atoms with Gasteiger partial charge in [0.2, 0.25) is 5.70 Å². The number of carbonyl (C=O) groups is 3. The molecule has 128 valence electrons. The summed E-state index contributed by atoms with van der Waals surface area (Å²) in [7, 11) is 0. The van der Waals surface area contributed by atoms with Crippen LogP contribution in [0.5, 0.6) is 0 Å². The van der Waals surface area contributed by atoms with E-state index in [1.165, 1.54) is 32.1 Å². The highest BCUT2D eigenvalue weighted by Gasteiger charge is 2.26. The van der Waals surface area contributed by atoms with Gasteiger partial charge in [-0.3, -0.25) is 24.5 Å².